The fourth-order valence-electron chi connectivity index (χ4n) is 3.06. The first kappa shape index (κ1) is 19.8. The van der Waals surface area contributed by atoms with E-state index in [0.717, 1.165) is 16.2 Å². The molecule has 0 saturated carbocycles. The highest BCUT2D eigenvalue weighted by atomic mass is 32.1. The molecule has 0 fully saturated rings. The molecule has 0 atom stereocenters. The van der Waals surface area contributed by atoms with E-state index in [1.165, 1.54) is 22.2 Å². The van der Waals surface area contributed by atoms with Gasteiger partial charge in [-0.1, -0.05) is 30.3 Å². The Morgan fingerprint density at radius 1 is 1.13 bits per heavy atom. The summed E-state index contributed by atoms with van der Waals surface area (Å²) in [5.41, 5.74) is 1.45. The molecule has 30 heavy (non-hydrogen) atoms. The number of nitrogens with one attached hydrogen (secondary N) is 1. The number of anilines is 1. The predicted molar refractivity (Wildman–Crippen MR) is 120 cm³/mol. The van der Waals surface area contributed by atoms with Gasteiger partial charge in [-0.25, -0.2) is 4.98 Å². The molecule has 4 rings (SSSR count). The maximum Gasteiger partial charge on any atom is 0.262 e. The summed E-state index contributed by atoms with van der Waals surface area (Å²) in [5.74, 6) is 0.440. The first-order chi connectivity index (χ1) is 14.5. The number of hydrogen-bond acceptors (Lipinski definition) is 5. The molecular formula is C23H21N3O3S. The molecule has 0 aliphatic heterocycles. The molecule has 4 aromatic rings. The second kappa shape index (κ2) is 8.51. The predicted octanol–water partition coefficient (Wildman–Crippen LogP) is 4.55. The van der Waals surface area contributed by atoms with Gasteiger partial charge in [-0.05, 0) is 49.7 Å². The number of ether oxygens (including phenoxy) is 1. The van der Waals surface area contributed by atoms with Crippen LogP contribution in [0.25, 0.3) is 20.7 Å². The van der Waals surface area contributed by atoms with Crippen LogP contribution in [0.2, 0.25) is 0 Å². The van der Waals surface area contributed by atoms with Gasteiger partial charge in [-0.2, -0.15) is 0 Å². The zero-order valence-electron chi connectivity index (χ0n) is 16.7. The van der Waals surface area contributed by atoms with Crippen molar-refractivity contribution in [3.63, 3.8) is 0 Å². The standard InChI is InChI=1S/C23H21N3O3S/c1-15(2)29-18-10-8-17(9-11-18)25-21(27)13-26-14-24-22-19(23(26)28)12-20(30-22)16-6-4-3-5-7-16/h3-12,14-15H,13H2,1-2H3,(H,25,27). The van der Waals surface area contributed by atoms with E-state index >= 15 is 0 Å². The summed E-state index contributed by atoms with van der Waals surface area (Å²) in [6.07, 6.45) is 1.51. The van der Waals surface area contributed by atoms with Crippen LogP contribution in [0.15, 0.2) is 71.8 Å². The lowest BCUT2D eigenvalue weighted by Crippen LogP contribution is -2.27. The molecule has 2 heterocycles. The van der Waals surface area contributed by atoms with Gasteiger partial charge < -0.3 is 10.1 Å². The summed E-state index contributed by atoms with van der Waals surface area (Å²) < 4.78 is 6.92. The van der Waals surface area contributed by atoms with Crippen molar-refractivity contribution < 1.29 is 9.53 Å². The van der Waals surface area contributed by atoms with E-state index in [2.05, 4.69) is 10.3 Å². The molecule has 0 saturated heterocycles. The van der Waals surface area contributed by atoms with Crippen LogP contribution in [0.3, 0.4) is 0 Å². The number of amides is 1. The second-order valence-electron chi connectivity index (χ2n) is 7.11. The van der Waals surface area contributed by atoms with E-state index in [1.54, 1.807) is 24.3 Å². The number of carbonyl (C=O) groups is 1. The van der Waals surface area contributed by atoms with Crippen LogP contribution < -0.4 is 15.6 Å². The minimum absolute atomic E-state index is 0.0826. The lowest BCUT2D eigenvalue weighted by molar-refractivity contribution is -0.116. The number of benzene rings is 2. The third-order valence-corrected chi connectivity index (χ3v) is 5.49. The van der Waals surface area contributed by atoms with Gasteiger partial charge in [-0.15, -0.1) is 11.3 Å². The van der Waals surface area contributed by atoms with Crippen LogP contribution in [0.1, 0.15) is 13.8 Å². The Morgan fingerprint density at radius 3 is 2.57 bits per heavy atom. The van der Waals surface area contributed by atoms with E-state index in [4.69, 9.17) is 4.74 Å². The summed E-state index contributed by atoms with van der Waals surface area (Å²) >= 11 is 1.46. The zero-order chi connectivity index (χ0) is 21.1. The third-order valence-electron chi connectivity index (χ3n) is 4.40. The van der Waals surface area contributed by atoms with Gasteiger partial charge in [0, 0.05) is 10.6 Å². The number of fused-ring (bicyclic) bond motifs is 1. The normalized spacial score (nSPS) is 11.0. The van der Waals surface area contributed by atoms with Crippen LogP contribution in [-0.2, 0) is 11.3 Å². The Morgan fingerprint density at radius 2 is 1.87 bits per heavy atom. The molecule has 2 aromatic heterocycles. The van der Waals surface area contributed by atoms with E-state index in [9.17, 15) is 9.59 Å². The molecule has 0 aliphatic carbocycles. The molecule has 1 N–H and O–H groups in total. The highest BCUT2D eigenvalue weighted by molar-refractivity contribution is 7.21. The topological polar surface area (TPSA) is 73.2 Å². The first-order valence-electron chi connectivity index (χ1n) is 9.60. The summed E-state index contributed by atoms with van der Waals surface area (Å²) in [4.78, 5) is 31.3. The van der Waals surface area contributed by atoms with Gasteiger partial charge in [0.25, 0.3) is 5.56 Å². The molecule has 6 nitrogen and oxygen atoms in total. The fraction of sp³-hybridized carbons (Fsp3) is 0.174. The monoisotopic (exact) mass is 419 g/mol. The molecule has 7 heteroatoms. The maximum absolute atomic E-state index is 12.8. The Labute approximate surface area is 177 Å². The molecule has 152 valence electrons. The third kappa shape index (κ3) is 4.41. The summed E-state index contributed by atoms with van der Waals surface area (Å²) in [6.45, 7) is 3.80. The van der Waals surface area contributed by atoms with Crippen LogP contribution in [0.4, 0.5) is 5.69 Å². The highest BCUT2D eigenvalue weighted by Crippen LogP contribution is 2.30. The Bertz CT molecular complexity index is 1230. The van der Waals surface area contributed by atoms with Crippen molar-refractivity contribution >= 4 is 33.1 Å². The van der Waals surface area contributed by atoms with Crippen molar-refractivity contribution in [1.82, 2.24) is 9.55 Å². The van der Waals surface area contributed by atoms with Crippen molar-refractivity contribution in [2.24, 2.45) is 0 Å². The van der Waals surface area contributed by atoms with Gasteiger partial charge in [0.1, 0.15) is 17.1 Å². The van der Waals surface area contributed by atoms with Crippen molar-refractivity contribution in [2.45, 2.75) is 26.5 Å². The van der Waals surface area contributed by atoms with E-state index in [0.29, 0.717) is 15.9 Å². The van der Waals surface area contributed by atoms with Gasteiger partial charge >= 0.3 is 0 Å². The minimum Gasteiger partial charge on any atom is -0.491 e. The number of nitrogens with zero attached hydrogens (tertiary/aromatic N) is 2. The van der Waals surface area contributed by atoms with Crippen LogP contribution >= 0.6 is 11.3 Å². The number of thiophene rings is 1. The van der Waals surface area contributed by atoms with Crippen molar-refractivity contribution in [3.05, 3.63) is 77.3 Å². The molecule has 0 aliphatic rings. The Balaban J connectivity index is 1.50. The maximum atomic E-state index is 12.8. The van der Waals surface area contributed by atoms with E-state index < -0.39 is 0 Å². The number of hydrogen-bond donors (Lipinski definition) is 1. The summed E-state index contributed by atoms with van der Waals surface area (Å²) in [7, 11) is 0. The fourth-order valence-corrected chi connectivity index (χ4v) is 4.06. The smallest absolute Gasteiger partial charge is 0.262 e. The lowest BCUT2D eigenvalue weighted by Gasteiger charge is -2.11. The van der Waals surface area contributed by atoms with Crippen molar-refractivity contribution in [3.8, 4) is 16.2 Å². The van der Waals surface area contributed by atoms with Crippen LogP contribution in [0, 0.1) is 0 Å². The second-order valence-corrected chi connectivity index (χ2v) is 8.14. The van der Waals surface area contributed by atoms with Crippen molar-refractivity contribution in [1.29, 1.82) is 0 Å². The number of aromatic nitrogens is 2. The molecule has 0 bridgehead atoms. The van der Waals surface area contributed by atoms with Gasteiger partial charge in [-0.3, -0.25) is 14.2 Å². The van der Waals surface area contributed by atoms with Gasteiger partial charge in [0.05, 0.1) is 17.8 Å². The number of rotatable bonds is 6. The van der Waals surface area contributed by atoms with Gasteiger partial charge in [0.15, 0.2) is 0 Å². The first-order valence-corrected chi connectivity index (χ1v) is 10.4. The van der Waals surface area contributed by atoms with E-state index in [1.807, 2.05) is 50.2 Å². The minimum atomic E-state index is -0.297. The zero-order valence-corrected chi connectivity index (χ0v) is 17.5. The van der Waals surface area contributed by atoms with Crippen LogP contribution in [0.5, 0.6) is 5.75 Å². The molecule has 2 aromatic carbocycles. The van der Waals surface area contributed by atoms with Crippen LogP contribution in [-0.4, -0.2) is 21.6 Å². The van der Waals surface area contributed by atoms with E-state index in [-0.39, 0.29) is 24.1 Å². The average molecular weight is 420 g/mol. The average Bonchev–Trinajstić information content (AvgIpc) is 3.17. The number of carbonyl (C=O) groups excluding carboxylic acids is 1. The highest BCUT2D eigenvalue weighted by Gasteiger charge is 2.12. The molecule has 1 amide bonds. The lowest BCUT2D eigenvalue weighted by atomic mass is 10.2. The summed E-state index contributed by atoms with van der Waals surface area (Å²) in [5, 5.41) is 3.32. The Hall–Kier alpha value is -3.45. The SMILES string of the molecule is CC(C)Oc1ccc(NC(=O)Cn2cnc3sc(-c4ccccc4)cc3c2=O)cc1. The molecule has 0 spiro atoms. The molecule has 0 radical (unpaired) electrons. The molecular weight excluding hydrogens is 398 g/mol. The van der Waals surface area contributed by atoms with Gasteiger partial charge in [0.2, 0.25) is 5.91 Å². The largest absolute Gasteiger partial charge is 0.491 e. The van der Waals surface area contributed by atoms with Crippen molar-refractivity contribution in [2.75, 3.05) is 5.32 Å². The quantitative estimate of drug-likeness (QED) is 0.498. The molecule has 0 unspecified atom stereocenters. The summed E-state index contributed by atoms with van der Waals surface area (Å²) in [6, 6.07) is 18.8. The Kier molecular flexibility index (Phi) is 5.63.